The topological polar surface area (TPSA) is 40.5 Å². The number of aliphatic hydroxyl groups is 1. The molecule has 1 unspecified atom stereocenters. The lowest BCUT2D eigenvalue weighted by molar-refractivity contribution is -0.138. The smallest absolute Gasteiger partial charge is 0.229 e. The van der Waals surface area contributed by atoms with Gasteiger partial charge in [0.2, 0.25) is 5.91 Å². The van der Waals surface area contributed by atoms with Crippen LogP contribution in [-0.4, -0.2) is 34.6 Å². The van der Waals surface area contributed by atoms with E-state index >= 15 is 0 Å². The third-order valence-electron chi connectivity index (χ3n) is 5.38. The van der Waals surface area contributed by atoms with E-state index in [4.69, 9.17) is 23.2 Å². The van der Waals surface area contributed by atoms with Gasteiger partial charge in [0.1, 0.15) is 0 Å². The zero-order valence-electron chi connectivity index (χ0n) is 13.4. The fourth-order valence-corrected chi connectivity index (χ4v) is 4.37. The fraction of sp³-hybridized carbons (Fsp3) is 0.611. The van der Waals surface area contributed by atoms with Crippen LogP contribution in [0.4, 0.5) is 0 Å². The molecule has 126 valence electrons. The standard InChI is InChI=1S/C18H23Cl2NO2/c1-18(11-12-2-3-13(19)10-16(12)20)8-9-21(17(18)23)14-4-6-15(22)7-5-14/h2-3,10,14-15,22H,4-9,11H2,1H3. The van der Waals surface area contributed by atoms with E-state index in [1.54, 1.807) is 6.07 Å². The maximum atomic E-state index is 13.0. The molecule has 0 aromatic heterocycles. The Bertz CT molecular complexity index is 599. The fourth-order valence-electron chi connectivity index (χ4n) is 3.89. The predicted molar refractivity (Wildman–Crippen MR) is 92.9 cm³/mol. The van der Waals surface area contributed by atoms with E-state index < -0.39 is 5.41 Å². The van der Waals surface area contributed by atoms with Crippen molar-refractivity contribution in [3.8, 4) is 0 Å². The lowest BCUT2D eigenvalue weighted by atomic mass is 9.82. The summed E-state index contributed by atoms with van der Waals surface area (Å²) in [5, 5.41) is 10.9. The number of hydrogen-bond acceptors (Lipinski definition) is 2. The number of amides is 1. The van der Waals surface area contributed by atoms with Crippen LogP contribution in [0.5, 0.6) is 0 Å². The Morgan fingerprint density at radius 3 is 2.61 bits per heavy atom. The molecule has 1 N–H and O–H groups in total. The molecule has 2 fully saturated rings. The van der Waals surface area contributed by atoms with Crippen molar-refractivity contribution in [2.24, 2.45) is 5.41 Å². The summed E-state index contributed by atoms with van der Waals surface area (Å²) >= 11 is 12.2. The van der Waals surface area contributed by atoms with Crippen LogP contribution in [0.3, 0.4) is 0 Å². The molecule has 1 heterocycles. The Labute approximate surface area is 147 Å². The van der Waals surface area contributed by atoms with Crippen LogP contribution in [0.15, 0.2) is 18.2 Å². The summed E-state index contributed by atoms with van der Waals surface area (Å²) in [5.74, 6) is 0.227. The van der Waals surface area contributed by atoms with E-state index in [9.17, 15) is 9.90 Å². The number of hydrogen-bond donors (Lipinski definition) is 1. The predicted octanol–water partition coefficient (Wildman–Crippen LogP) is 4.08. The molecule has 3 rings (SSSR count). The average Bonchev–Trinajstić information content (AvgIpc) is 2.79. The van der Waals surface area contributed by atoms with Crippen LogP contribution in [-0.2, 0) is 11.2 Å². The number of likely N-dealkylation sites (tertiary alicyclic amines) is 1. The minimum Gasteiger partial charge on any atom is -0.393 e. The molecule has 0 bridgehead atoms. The van der Waals surface area contributed by atoms with E-state index in [1.807, 2.05) is 24.0 Å². The molecule has 1 saturated heterocycles. The molecule has 1 saturated carbocycles. The van der Waals surface area contributed by atoms with Crippen LogP contribution in [0.2, 0.25) is 10.0 Å². The van der Waals surface area contributed by atoms with Gasteiger partial charge in [-0.2, -0.15) is 0 Å². The summed E-state index contributed by atoms with van der Waals surface area (Å²) in [6.07, 6.45) is 4.72. The van der Waals surface area contributed by atoms with Gasteiger partial charge in [0, 0.05) is 22.6 Å². The van der Waals surface area contributed by atoms with Gasteiger partial charge < -0.3 is 10.0 Å². The third kappa shape index (κ3) is 3.52. The quantitative estimate of drug-likeness (QED) is 0.887. The minimum atomic E-state index is -0.395. The Morgan fingerprint density at radius 1 is 1.26 bits per heavy atom. The van der Waals surface area contributed by atoms with E-state index in [2.05, 4.69) is 0 Å². The van der Waals surface area contributed by atoms with Crippen molar-refractivity contribution in [2.45, 2.75) is 57.6 Å². The second kappa shape index (κ2) is 6.62. The molecule has 1 aromatic rings. The normalized spacial score (nSPS) is 31.7. The first-order valence-electron chi connectivity index (χ1n) is 8.32. The van der Waals surface area contributed by atoms with Crippen molar-refractivity contribution in [1.29, 1.82) is 0 Å². The second-order valence-corrected chi connectivity index (χ2v) is 8.03. The first kappa shape index (κ1) is 17.1. The summed E-state index contributed by atoms with van der Waals surface area (Å²) in [4.78, 5) is 15.0. The highest BCUT2D eigenvalue weighted by Gasteiger charge is 2.45. The Hall–Kier alpha value is -0.770. The average molecular weight is 356 g/mol. The van der Waals surface area contributed by atoms with Gasteiger partial charge >= 0.3 is 0 Å². The number of benzene rings is 1. The van der Waals surface area contributed by atoms with E-state index in [1.165, 1.54) is 0 Å². The van der Waals surface area contributed by atoms with Crippen molar-refractivity contribution < 1.29 is 9.90 Å². The number of halogens is 2. The molecule has 2 aliphatic rings. The number of aliphatic hydroxyl groups excluding tert-OH is 1. The van der Waals surface area contributed by atoms with E-state index in [0.29, 0.717) is 16.5 Å². The molecule has 1 aliphatic heterocycles. The molecule has 5 heteroatoms. The molecule has 23 heavy (non-hydrogen) atoms. The molecule has 0 spiro atoms. The van der Waals surface area contributed by atoms with Gasteiger partial charge in [-0.05, 0) is 56.2 Å². The molecule has 1 aliphatic carbocycles. The molecule has 1 atom stereocenters. The summed E-state index contributed by atoms with van der Waals surface area (Å²) in [6.45, 7) is 2.85. The summed E-state index contributed by atoms with van der Waals surface area (Å²) in [7, 11) is 0. The first-order chi connectivity index (χ1) is 10.9. The summed E-state index contributed by atoms with van der Waals surface area (Å²) < 4.78 is 0. The van der Waals surface area contributed by atoms with Crippen LogP contribution in [0.1, 0.15) is 44.6 Å². The molecule has 1 aromatic carbocycles. The van der Waals surface area contributed by atoms with Crippen LogP contribution < -0.4 is 0 Å². The van der Waals surface area contributed by atoms with E-state index in [0.717, 1.165) is 44.2 Å². The zero-order valence-corrected chi connectivity index (χ0v) is 14.9. The van der Waals surface area contributed by atoms with Gasteiger partial charge in [-0.25, -0.2) is 0 Å². The molecule has 3 nitrogen and oxygen atoms in total. The van der Waals surface area contributed by atoms with Crippen LogP contribution in [0.25, 0.3) is 0 Å². The van der Waals surface area contributed by atoms with Crippen molar-refractivity contribution in [1.82, 2.24) is 4.90 Å². The van der Waals surface area contributed by atoms with E-state index in [-0.39, 0.29) is 18.1 Å². The van der Waals surface area contributed by atoms with Crippen molar-refractivity contribution in [2.75, 3.05) is 6.54 Å². The van der Waals surface area contributed by atoms with Gasteiger partial charge in [0.05, 0.1) is 11.5 Å². The van der Waals surface area contributed by atoms with Gasteiger partial charge in [-0.1, -0.05) is 36.2 Å². The highest BCUT2D eigenvalue weighted by molar-refractivity contribution is 6.35. The van der Waals surface area contributed by atoms with Crippen LogP contribution >= 0.6 is 23.2 Å². The maximum Gasteiger partial charge on any atom is 0.229 e. The number of carbonyl (C=O) groups excluding carboxylic acids is 1. The van der Waals surface area contributed by atoms with Gasteiger partial charge in [0.15, 0.2) is 0 Å². The van der Waals surface area contributed by atoms with Gasteiger partial charge in [-0.3, -0.25) is 4.79 Å². The van der Waals surface area contributed by atoms with Crippen molar-refractivity contribution in [3.63, 3.8) is 0 Å². The Balaban J connectivity index is 1.71. The second-order valence-electron chi connectivity index (χ2n) is 7.18. The highest BCUT2D eigenvalue weighted by Crippen LogP contribution is 2.39. The highest BCUT2D eigenvalue weighted by atomic mass is 35.5. The number of carbonyl (C=O) groups is 1. The van der Waals surface area contributed by atoms with Crippen molar-refractivity contribution >= 4 is 29.1 Å². The SMILES string of the molecule is CC1(Cc2ccc(Cl)cc2Cl)CCN(C2CCC(O)CC2)C1=O. The van der Waals surface area contributed by atoms with Crippen LogP contribution in [0, 0.1) is 5.41 Å². The Kier molecular flexibility index (Phi) is 4.91. The molecular weight excluding hydrogens is 333 g/mol. The monoisotopic (exact) mass is 355 g/mol. The third-order valence-corrected chi connectivity index (χ3v) is 5.97. The zero-order chi connectivity index (χ0) is 16.6. The van der Waals surface area contributed by atoms with Gasteiger partial charge in [0.25, 0.3) is 0 Å². The number of nitrogens with zero attached hydrogens (tertiary/aromatic N) is 1. The Morgan fingerprint density at radius 2 is 1.96 bits per heavy atom. The molecule has 1 amide bonds. The summed E-state index contributed by atoms with van der Waals surface area (Å²) in [5.41, 5.74) is 0.584. The lowest BCUT2D eigenvalue weighted by Gasteiger charge is -2.34. The van der Waals surface area contributed by atoms with Gasteiger partial charge in [-0.15, -0.1) is 0 Å². The van der Waals surface area contributed by atoms with Crippen molar-refractivity contribution in [3.05, 3.63) is 33.8 Å². The first-order valence-corrected chi connectivity index (χ1v) is 9.08. The minimum absolute atomic E-state index is 0.191. The summed E-state index contributed by atoms with van der Waals surface area (Å²) in [6, 6.07) is 5.77. The maximum absolute atomic E-state index is 13.0. The largest absolute Gasteiger partial charge is 0.393 e. The lowest BCUT2D eigenvalue weighted by Crippen LogP contribution is -2.43. The molecular formula is C18H23Cl2NO2. The number of rotatable bonds is 3. The molecule has 0 radical (unpaired) electrons.